The number of fused-ring (bicyclic) bond motifs is 1. The molecule has 4 rings (SSSR count). The van der Waals surface area contributed by atoms with Crippen LogP contribution in [0.15, 0.2) is 83.3 Å². The number of amides is 1. The lowest BCUT2D eigenvalue weighted by molar-refractivity contribution is -0.143. The Morgan fingerprint density at radius 3 is 2.36 bits per heavy atom. The Labute approximate surface area is 210 Å². The zero-order valence-electron chi connectivity index (χ0n) is 20.2. The summed E-state index contributed by atoms with van der Waals surface area (Å²) in [6.45, 7) is 3.40. The molecule has 0 radical (unpaired) electrons. The number of para-hydroxylation sites is 1. The molecule has 2 atom stereocenters. The van der Waals surface area contributed by atoms with Crippen LogP contribution in [0.5, 0.6) is 0 Å². The van der Waals surface area contributed by atoms with E-state index < -0.39 is 38.7 Å². The van der Waals surface area contributed by atoms with Crippen LogP contribution in [-0.4, -0.2) is 38.3 Å². The molecule has 188 valence electrons. The van der Waals surface area contributed by atoms with Crippen molar-refractivity contribution in [3.8, 4) is 0 Å². The van der Waals surface area contributed by atoms with Gasteiger partial charge in [-0.25, -0.2) is 8.42 Å². The van der Waals surface area contributed by atoms with E-state index in [2.05, 4.69) is 10.0 Å². The van der Waals surface area contributed by atoms with E-state index in [1.807, 2.05) is 36.4 Å². The van der Waals surface area contributed by atoms with Crippen molar-refractivity contribution in [2.24, 2.45) is 5.92 Å². The summed E-state index contributed by atoms with van der Waals surface area (Å²) in [5.74, 6) is -1.83. The summed E-state index contributed by atoms with van der Waals surface area (Å²) in [4.78, 5) is 23.7. The number of rotatable bonds is 8. The standard InChI is InChI=1S/C27H28N2O6S/c1-18(2)24(26(31)34-3)29-36(32,33)27(15-13-20(14-16-27)19-9-5-4-6-10-19)28-25(30)23-17-21-11-7-8-12-22(21)35-23/h4-15,17-18,24,29H,16H2,1-3H3,(H,28,30)/t24-,27?/m0/s1. The van der Waals surface area contributed by atoms with Crippen molar-refractivity contribution in [3.05, 3.63) is 90.2 Å². The fourth-order valence-corrected chi connectivity index (χ4v) is 5.72. The minimum Gasteiger partial charge on any atom is -0.468 e. The molecule has 3 aromatic rings. The van der Waals surface area contributed by atoms with Crippen LogP contribution < -0.4 is 10.0 Å². The minimum atomic E-state index is -4.34. The van der Waals surface area contributed by atoms with Gasteiger partial charge in [0.2, 0.25) is 10.0 Å². The van der Waals surface area contributed by atoms with Gasteiger partial charge >= 0.3 is 5.97 Å². The first-order valence-electron chi connectivity index (χ1n) is 11.5. The predicted molar refractivity (Wildman–Crippen MR) is 137 cm³/mol. The predicted octanol–water partition coefficient (Wildman–Crippen LogP) is 4.02. The summed E-state index contributed by atoms with van der Waals surface area (Å²) in [5, 5.41) is 3.37. The fourth-order valence-electron chi connectivity index (χ4n) is 4.03. The Kier molecular flexibility index (Phi) is 7.14. The van der Waals surface area contributed by atoms with Gasteiger partial charge in [-0.1, -0.05) is 74.5 Å². The van der Waals surface area contributed by atoms with Gasteiger partial charge in [0.15, 0.2) is 10.6 Å². The van der Waals surface area contributed by atoms with E-state index >= 15 is 0 Å². The molecule has 0 spiro atoms. The second-order valence-corrected chi connectivity index (χ2v) is 10.9. The highest BCUT2D eigenvalue weighted by Crippen LogP contribution is 2.32. The van der Waals surface area contributed by atoms with Gasteiger partial charge in [0.05, 0.1) is 7.11 Å². The SMILES string of the molecule is COC(=O)[C@@H](NS(=O)(=O)C1(NC(=O)c2cc3ccccc3o2)C=CC(c2ccccc2)=CC1)C(C)C. The number of hydrogen-bond donors (Lipinski definition) is 2. The second kappa shape index (κ2) is 10.1. The summed E-state index contributed by atoms with van der Waals surface area (Å²) in [7, 11) is -3.14. The van der Waals surface area contributed by atoms with Crippen molar-refractivity contribution in [1.29, 1.82) is 0 Å². The molecule has 1 aliphatic rings. The number of nitrogens with one attached hydrogen (secondary N) is 2. The van der Waals surface area contributed by atoms with E-state index in [1.54, 1.807) is 50.3 Å². The molecule has 0 saturated heterocycles. The zero-order chi connectivity index (χ0) is 25.9. The molecule has 0 fully saturated rings. The zero-order valence-corrected chi connectivity index (χ0v) is 21.0. The quantitative estimate of drug-likeness (QED) is 0.444. The molecule has 2 N–H and O–H groups in total. The van der Waals surface area contributed by atoms with Crippen LogP contribution >= 0.6 is 0 Å². The van der Waals surface area contributed by atoms with Gasteiger partial charge in [0, 0.05) is 11.8 Å². The van der Waals surface area contributed by atoms with E-state index in [0.717, 1.165) is 11.1 Å². The van der Waals surface area contributed by atoms with Crippen molar-refractivity contribution in [2.75, 3.05) is 7.11 Å². The molecule has 8 nitrogen and oxygen atoms in total. The molecule has 1 unspecified atom stereocenters. The summed E-state index contributed by atoms with van der Waals surface area (Å²) in [5.41, 5.74) is 2.23. The Hall–Kier alpha value is -3.69. The van der Waals surface area contributed by atoms with Crippen LogP contribution in [-0.2, 0) is 19.6 Å². The van der Waals surface area contributed by atoms with E-state index in [-0.39, 0.29) is 12.2 Å². The van der Waals surface area contributed by atoms with Gasteiger partial charge in [-0.3, -0.25) is 9.59 Å². The molecule has 1 heterocycles. The highest BCUT2D eigenvalue weighted by atomic mass is 32.2. The number of ether oxygens (including phenoxy) is 1. The van der Waals surface area contributed by atoms with Crippen molar-refractivity contribution in [1.82, 2.24) is 10.0 Å². The first kappa shape index (κ1) is 25.4. The number of allylic oxidation sites excluding steroid dienone is 2. The molecule has 36 heavy (non-hydrogen) atoms. The molecular weight excluding hydrogens is 480 g/mol. The van der Waals surface area contributed by atoms with Crippen molar-refractivity contribution in [2.45, 2.75) is 31.2 Å². The maximum absolute atomic E-state index is 13.8. The van der Waals surface area contributed by atoms with Gasteiger partial charge < -0.3 is 14.5 Å². The average molecular weight is 509 g/mol. The minimum absolute atomic E-state index is 0.0228. The van der Waals surface area contributed by atoms with Crippen LogP contribution in [0.25, 0.3) is 16.5 Å². The maximum Gasteiger partial charge on any atom is 0.324 e. The third kappa shape index (κ3) is 4.98. The molecule has 1 aromatic heterocycles. The number of esters is 1. The lowest BCUT2D eigenvalue weighted by atomic mass is 9.96. The van der Waals surface area contributed by atoms with Gasteiger partial charge in [0.1, 0.15) is 11.6 Å². The highest BCUT2D eigenvalue weighted by Gasteiger charge is 2.46. The summed E-state index contributed by atoms with van der Waals surface area (Å²) in [6, 6.07) is 17.0. The van der Waals surface area contributed by atoms with E-state index in [0.29, 0.717) is 11.0 Å². The monoisotopic (exact) mass is 508 g/mol. The molecular formula is C27H28N2O6S. The molecule has 0 bridgehead atoms. The molecule has 1 aliphatic carbocycles. The van der Waals surface area contributed by atoms with Crippen molar-refractivity contribution < 1.29 is 27.2 Å². The van der Waals surface area contributed by atoms with Crippen LogP contribution in [0.1, 0.15) is 36.4 Å². The third-order valence-electron chi connectivity index (χ3n) is 6.12. The van der Waals surface area contributed by atoms with E-state index in [9.17, 15) is 18.0 Å². The Bertz CT molecular complexity index is 1410. The number of carbonyl (C=O) groups is 2. The van der Waals surface area contributed by atoms with Crippen LogP contribution in [0.2, 0.25) is 0 Å². The largest absolute Gasteiger partial charge is 0.468 e. The number of methoxy groups -OCH3 is 1. The Balaban J connectivity index is 1.71. The first-order chi connectivity index (χ1) is 17.2. The second-order valence-electron chi connectivity index (χ2n) is 8.92. The van der Waals surface area contributed by atoms with Crippen molar-refractivity contribution >= 4 is 38.4 Å². The lowest BCUT2D eigenvalue weighted by Crippen LogP contribution is -2.60. The smallest absolute Gasteiger partial charge is 0.324 e. The molecule has 0 aliphatic heterocycles. The number of carbonyl (C=O) groups excluding carboxylic acids is 2. The molecule has 1 amide bonds. The molecule has 9 heteroatoms. The average Bonchev–Trinajstić information content (AvgIpc) is 3.32. The van der Waals surface area contributed by atoms with Crippen molar-refractivity contribution in [3.63, 3.8) is 0 Å². The summed E-state index contributed by atoms with van der Waals surface area (Å²) < 4.78 is 40.5. The van der Waals surface area contributed by atoms with E-state index in [4.69, 9.17) is 9.15 Å². The Morgan fingerprint density at radius 2 is 1.75 bits per heavy atom. The number of sulfonamides is 1. The Morgan fingerprint density at radius 1 is 1.06 bits per heavy atom. The van der Waals surface area contributed by atoms with Crippen LogP contribution in [0.4, 0.5) is 0 Å². The normalized spacial score (nSPS) is 18.6. The topological polar surface area (TPSA) is 115 Å². The highest BCUT2D eigenvalue weighted by molar-refractivity contribution is 7.91. The van der Waals surface area contributed by atoms with E-state index in [1.165, 1.54) is 13.2 Å². The first-order valence-corrected chi connectivity index (χ1v) is 13.0. The third-order valence-corrected chi connectivity index (χ3v) is 8.05. The lowest BCUT2D eigenvalue weighted by Gasteiger charge is -2.34. The summed E-state index contributed by atoms with van der Waals surface area (Å²) in [6.07, 6.45) is 4.77. The number of hydrogen-bond acceptors (Lipinski definition) is 6. The van der Waals surface area contributed by atoms with Crippen LogP contribution in [0, 0.1) is 5.92 Å². The summed E-state index contributed by atoms with van der Waals surface area (Å²) >= 11 is 0. The van der Waals surface area contributed by atoms with Gasteiger partial charge in [-0.2, -0.15) is 4.72 Å². The number of furan rings is 1. The van der Waals surface area contributed by atoms with Crippen LogP contribution in [0.3, 0.4) is 0 Å². The number of benzene rings is 2. The van der Waals surface area contributed by atoms with Gasteiger partial charge in [-0.05, 0) is 35.3 Å². The molecule has 2 aromatic carbocycles. The maximum atomic E-state index is 13.8. The fraction of sp³-hybridized carbons (Fsp3) is 0.259. The molecule has 0 saturated carbocycles. The van der Waals surface area contributed by atoms with Gasteiger partial charge in [-0.15, -0.1) is 0 Å². The van der Waals surface area contributed by atoms with Gasteiger partial charge in [0.25, 0.3) is 5.91 Å².